The van der Waals surface area contributed by atoms with Gasteiger partial charge in [-0.2, -0.15) is 5.26 Å². The number of aromatic nitrogens is 3. The number of hydrogen-bond acceptors (Lipinski definition) is 5. The first-order valence-corrected chi connectivity index (χ1v) is 11.5. The van der Waals surface area contributed by atoms with E-state index < -0.39 is 10.0 Å². The molecule has 0 saturated carbocycles. The number of fused-ring (bicyclic) bond motifs is 1. The summed E-state index contributed by atoms with van der Waals surface area (Å²) in [4.78, 5) is 12.1. The van der Waals surface area contributed by atoms with Gasteiger partial charge in [0.15, 0.2) is 0 Å². The number of anilines is 1. The molecule has 2 N–H and O–H groups in total. The first-order valence-electron chi connectivity index (χ1n) is 10.0. The van der Waals surface area contributed by atoms with Crippen LogP contribution in [0.3, 0.4) is 0 Å². The molecule has 3 aromatic heterocycles. The minimum absolute atomic E-state index is 0.176. The lowest BCUT2D eigenvalue weighted by atomic mass is 10.0. The van der Waals surface area contributed by atoms with E-state index >= 15 is 0 Å². The van der Waals surface area contributed by atoms with Gasteiger partial charge in [0.25, 0.3) is 10.0 Å². The second kappa shape index (κ2) is 8.22. The van der Waals surface area contributed by atoms with Crippen LogP contribution in [0.5, 0.6) is 0 Å². The van der Waals surface area contributed by atoms with Gasteiger partial charge in [0.2, 0.25) is 0 Å². The van der Waals surface area contributed by atoms with E-state index in [9.17, 15) is 13.7 Å². The second-order valence-electron chi connectivity index (χ2n) is 7.40. The third kappa shape index (κ3) is 4.05. The van der Waals surface area contributed by atoms with Crippen LogP contribution in [0.25, 0.3) is 33.3 Å². The van der Waals surface area contributed by atoms with Crippen molar-refractivity contribution in [2.45, 2.75) is 4.90 Å². The molecule has 0 bridgehead atoms. The number of nitrogens with one attached hydrogen (secondary N) is 2. The molecule has 7 nitrogen and oxygen atoms in total. The maximum Gasteiger partial charge on any atom is 0.261 e. The Balaban J connectivity index is 1.52. The van der Waals surface area contributed by atoms with Crippen molar-refractivity contribution in [3.05, 3.63) is 97.1 Å². The molecule has 5 aromatic rings. The van der Waals surface area contributed by atoms with Gasteiger partial charge in [-0.1, -0.05) is 30.3 Å². The molecule has 160 valence electrons. The SMILES string of the molecule is N#Cc1cccc(-c2c[nH]c3ncc(-c4cncc(NS(=O)(=O)c5ccccc5)c4)cc23)c1. The first kappa shape index (κ1) is 20.4. The van der Waals surface area contributed by atoms with Crippen LogP contribution in [0.4, 0.5) is 5.69 Å². The fourth-order valence-electron chi connectivity index (χ4n) is 3.62. The number of benzene rings is 2. The van der Waals surface area contributed by atoms with Crippen LogP contribution in [-0.4, -0.2) is 23.4 Å². The Hall–Kier alpha value is -4.48. The number of sulfonamides is 1. The Morgan fingerprint density at radius 3 is 2.52 bits per heavy atom. The van der Waals surface area contributed by atoms with Crippen LogP contribution in [0, 0.1) is 11.3 Å². The highest BCUT2D eigenvalue weighted by atomic mass is 32.2. The average Bonchev–Trinajstić information content (AvgIpc) is 3.28. The highest BCUT2D eigenvalue weighted by Crippen LogP contribution is 2.32. The number of aromatic amines is 1. The minimum Gasteiger partial charge on any atom is -0.346 e. The van der Waals surface area contributed by atoms with Crippen molar-refractivity contribution < 1.29 is 8.42 Å². The summed E-state index contributed by atoms with van der Waals surface area (Å²) in [6.07, 6.45) is 6.69. The monoisotopic (exact) mass is 451 g/mol. The average molecular weight is 452 g/mol. The van der Waals surface area contributed by atoms with Crippen molar-refractivity contribution in [3.8, 4) is 28.3 Å². The first-order chi connectivity index (χ1) is 16.0. The molecule has 3 heterocycles. The zero-order valence-corrected chi connectivity index (χ0v) is 18.0. The van der Waals surface area contributed by atoms with Gasteiger partial charge in [-0.05, 0) is 42.0 Å². The largest absolute Gasteiger partial charge is 0.346 e. The lowest BCUT2D eigenvalue weighted by molar-refractivity contribution is 0.601. The van der Waals surface area contributed by atoms with Crippen LogP contribution in [0.15, 0.2) is 96.4 Å². The number of nitriles is 1. The third-order valence-corrected chi connectivity index (χ3v) is 6.61. The van der Waals surface area contributed by atoms with Crippen LogP contribution >= 0.6 is 0 Å². The fraction of sp³-hybridized carbons (Fsp3) is 0. The Kier molecular flexibility index (Phi) is 5.09. The highest BCUT2D eigenvalue weighted by molar-refractivity contribution is 7.92. The van der Waals surface area contributed by atoms with Gasteiger partial charge < -0.3 is 4.98 Å². The summed E-state index contributed by atoms with van der Waals surface area (Å²) in [7, 11) is -3.72. The molecule has 2 aromatic carbocycles. The maximum absolute atomic E-state index is 12.7. The highest BCUT2D eigenvalue weighted by Gasteiger charge is 2.15. The number of nitrogens with zero attached hydrogens (tertiary/aromatic N) is 3. The predicted octanol–water partition coefficient (Wildman–Crippen LogP) is 4.96. The lowest BCUT2D eigenvalue weighted by Crippen LogP contribution is -2.12. The summed E-state index contributed by atoms with van der Waals surface area (Å²) in [5.74, 6) is 0. The van der Waals surface area contributed by atoms with Gasteiger partial charge >= 0.3 is 0 Å². The second-order valence-corrected chi connectivity index (χ2v) is 9.08. The predicted molar refractivity (Wildman–Crippen MR) is 127 cm³/mol. The topological polar surface area (TPSA) is 112 Å². The number of H-pyrrole nitrogens is 1. The molecular weight excluding hydrogens is 434 g/mol. The third-order valence-electron chi connectivity index (χ3n) is 5.21. The fourth-order valence-corrected chi connectivity index (χ4v) is 4.68. The van der Waals surface area contributed by atoms with Crippen LogP contribution < -0.4 is 4.72 Å². The number of hydrogen-bond donors (Lipinski definition) is 2. The van der Waals surface area contributed by atoms with Gasteiger partial charge in [0, 0.05) is 40.7 Å². The zero-order valence-electron chi connectivity index (χ0n) is 17.2. The van der Waals surface area contributed by atoms with E-state index in [1.165, 1.54) is 18.3 Å². The van der Waals surface area contributed by atoms with E-state index in [0.29, 0.717) is 16.9 Å². The molecule has 8 heteroatoms. The van der Waals surface area contributed by atoms with Crippen molar-refractivity contribution in [2.75, 3.05) is 4.72 Å². The summed E-state index contributed by atoms with van der Waals surface area (Å²) in [6, 6.07) is 21.4. The van der Waals surface area contributed by atoms with E-state index in [2.05, 4.69) is 25.7 Å². The number of pyridine rings is 2. The molecule has 0 saturated heterocycles. The van der Waals surface area contributed by atoms with Crippen LogP contribution in [0.1, 0.15) is 5.56 Å². The van der Waals surface area contributed by atoms with Crippen molar-refractivity contribution in [3.63, 3.8) is 0 Å². The van der Waals surface area contributed by atoms with E-state index in [1.807, 2.05) is 30.5 Å². The Bertz CT molecular complexity index is 1620. The normalized spacial score (nSPS) is 11.2. The maximum atomic E-state index is 12.7. The summed E-state index contributed by atoms with van der Waals surface area (Å²) < 4.78 is 27.9. The smallest absolute Gasteiger partial charge is 0.261 e. The molecule has 0 aliphatic carbocycles. The Morgan fingerprint density at radius 2 is 1.70 bits per heavy atom. The van der Waals surface area contributed by atoms with E-state index in [1.54, 1.807) is 42.7 Å². The molecule has 0 amide bonds. The quantitative estimate of drug-likeness (QED) is 0.392. The molecule has 5 rings (SSSR count). The summed E-state index contributed by atoms with van der Waals surface area (Å²) >= 11 is 0. The van der Waals surface area contributed by atoms with Gasteiger partial charge in [-0.15, -0.1) is 0 Å². The Morgan fingerprint density at radius 1 is 0.879 bits per heavy atom. The zero-order chi connectivity index (χ0) is 22.8. The molecule has 0 atom stereocenters. The van der Waals surface area contributed by atoms with Gasteiger partial charge in [0.1, 0.15) is 5.65 Å². The van der Waals surface area contributed by atoms with Crippen molar-refractivity contribution in [1.29, 1.82) is 5.26 Å². The van der Waals surface area contributed by atoms with E-state index in [-0.39, 0.29) is 4.90 Å². The van der Waals surface area contributed by atoms with Crippen LogP contribution in [-0.2, 0) is 10.0 Å². The van der Waals surface area contributed by atoms with Crippen molar-refractivity contribution >= 4 is 26.7 Å². The minimum atomic E-state index is -3.72. The summed E-state index contributed by atoms with van der Waals surface area (Å²) in [5.41, 5.74) is 4.97. The summed E-state index contributed by atoms with van der Waals surface area (Å²) in [6.45, 7) is 0. The molecule has 0 aliphatic rings. The van der Waals surface area contributed by atoms with Crippen LogP contribution in [0.2, 0.25) is 0 Å². The van der Waals surface area contributed by atoms with Gasteiger partial charge in [0.05, 0.1) is 28.4 Å². The molecule has 0 aliphatic heterocycles. The number of rotatable bonds is 5. The van der Waals surface area contributed by atoms with Crippen molar-refractivity contribution in [2.24, 2.45) is 0 Å². The Labute approximate surface area is 190 Å². The van der Waals surface area contributed by atoms with E-state index in [0.717, 1.165) is 27.6 Å². The molecule has 33 heavy (non-hydrogen) atoms. The van der Waals surface area contributed by atoms with Crippen molar-refractivity contribution in [1.82, 2.24) is 15.0 Å². The molecule has 0 unspecified atom stereocenters. The molecule has 0 spiro atoms. The molecule has 0 fully saturated rings. The molecule has 0 radical (unpaired) electrons. The lowest BCUT2D eigenvalue weighted by Gasteiger charge is -2.09. The van der Waals surface area contributed by atoms with Gasteiger partial charge in [-0.3, -0.25) is 9.71 Å². The molecular formula is C25H17N5O2S. The summed E-state index contributed by atoms with van der Waals surface area (Å²) in [5, 5.41) is 10.1. The van der Waals surface area contributed by atoms with E-state index in [4.69, 9.17) is 0 Å². The standard InChI is InChI=1S/C25H17N5O2S/c26-12-17-5-4-6-18(9-17)24-16-29-25-23(24)11-20(14-28-25)19-10-21(15-27-13-19)30-33(31,32)22-7-2-1-3-8-22/h1-11,13-16,30H,(H,28,29). The van der Waals surface area contributed by atoms with Gasteiger partial charge in [-0.25, -0.2) is 13.4 Å².